The first kappa shape index (κ1) is 9.37. The summed E-state index contributed by atoms with van der Waals surface area (Å²) in [6.45, 7) is 0. The van der Waals surface area contributed by atoms with Gasteiger partial charge >= 0.3 is 0 Å². The predicted molar refractivity (Wildman–Crippen MR) is 42.1 cm³/mol. The highest BCUT2D eigenvalue weighted by atomic mass is 19.3. The van der Waals surface area contributed by atoms with Crippen molar-refractivity contribution in [3.05, 3.63) is 23.5 Å². The van der Waals surface area contributed by atoms with Crippen molar-refractivity contribution in [3.63, 3.8) is 0 Å². The van der Waals surface area contributed by atoms with E-state index in [1.54, 1.807) is 0 Å². The molecule has 0 aliphatic rings. The number of hydrogen-bond donors (Lipinski definition) is 2. The molecule has 70 valence electrons. The molecule has 0 saturated carbocycles. The van der Waals surface area contributed by atoms with E-state index >= 15 is 0 Å². The van der Waals surface area contributed by atoms with E-state index in [0.29, 0.717) is 0 Å². The van der Waals surface area contributed by atoms with Gasteiger partial charge in [-0.1, -0.05) is 0 Å². The largest absolute Gasteiger partial charge is 0.398 e. The molecular formula is C7H7F2N3O. The van der Waals surface area contributed by atoms with Crippen LogP contribution in [0.15, 0.2) is 12.3 Å². The lowest BCUT2D eigenvalue weighted by molar-refractivity contribution is 0.0995. The van der Waals surface area contributed by atoms with Gasteiger partial charge in [-0.05, 0) is 6.07 Å². The fourth-order valence-corrected chi connectivity index (χ4v) is 0.799. The van der Waals surface area contributed by atoms with Gasteiger partial charge in [0.1, 0.15) is 5.69 Å². The van der Waals surface area contributed by atoms with Crippen LogP contribution in [0.2, 0.25) is 0 Å². The van der Waals surface area contributed by atoms with Crippen LogP contribution >= 0.6 is 0 Å². The highest BCUT2D eigenvalue weighted by molar-refractivity contribution is 5.91. The van der Waals surface area contributed by atoms with Gasteiger partial charge in [0.25, 0.3) is 12.3 Å². The van der Waals surface area contributed by atoms with E-state index < -0.39 is 17.9 Å². The van der Waals surface area contributed by atoms with Crippen LogP contribution in [-0.4, -0.2) is 10.9 Å². The van der Waals surface area contributed by atoms with Gasteiger partial charge in [0.15, 0.2) is 0 Å². The number of nitrogen functional groups attached to an aromatic ring is 1. The third kappa shape index (κ3) is 1.90. The number of halogens is 2. The van der Waals surface area contributed by atoms with Crippen LogP contribution in [0.4, 0.5) is 14.5 Å². The maximum absolute atomic E-state index is 12.1. The van der Waals surface area contributed by atoms with E-state index in [2.05, 4.69) is 4.98 Å². The Morgan fingerprint density at radius 3 is 2.54 bits per heavy atom. The molecule has 0 unspecified atom stereocenters. The van der Waals surface area contributed by atoms with E-state index in [1.165, 1.54) is 0 Å². The molecule has 4 N–H and O–H groups in total. The van der Waals surface area contributed by atoms with Crippen LogP contribution in [0.25, 0.3) is 0 Å². The Bertz CT molecular complexity index is 341. The summed E-state index contributed by atoms with van der Waals surface area (Å²) in [7, 11) is 0. The lowest BCUT2D eigenvalue weighted by Crippen LogP contribution is -2.14. The van der Waals surface area contributed by atoms with Crippen LogP contribution < -0.4 is 11.5 Å². The van der Waals surface area contributed by atoms with E-state index in [-0.39, 0.29) is 11.4 Å². The molecular weight excluding hydrogens is 180 g/mol. The zero-order valence-corrected chi connectivity index (χ0v) is 6.50. The molecule has 1 rings (SSSR count). The maximum Gasteiger partial charge on any atom is 0.267 e. The van der Waals surface area contributed by atoms with Crippen molar-refractivity contribution < 1.29 is 13.6 Å². The summed E-state index contributed by atoms with van der Waals surface area (Å²) >= 11 is 0. The van der Waals surface area contributed by atoms with Crippen molar-refractivity contribution in [2.75, 3.05) is 5.73 Å². The summed E-state index contributed by atoms with van der Waals surface area (Å²) in [5.41, 5.74) is 9.39. The number of pyridine rings is 1. The molecule has 0 aliphatic carbocycles. The van der Waals surface area contributed by atoms with E-state index in [9.17, 15) is 13.6 Å². The number of primary amides is 1. The zero-order valence-electron chi connectivity index (χ0n) is 6.50. The average molecular weight is 187 g/mol. The van der Waals surface area contributed by atoms with Crippen molar-refractivity contribution in [3.8, 4) is 0 Å². The first-order chi connectivity index (χ1) is 6.02. The standard InChI is InChI=1S/C7H7F2N3O/c8-6(9)3-2-12-5(7(11)13)1-4(3)10/h1-2,6H,(H2,10,12)(H2,11,13). The van der Waals surface area contributed by atoms with Crippen LogP contribution in [0.3, 0.4) is 0 Å². The van der Waals surface area contributed by atoms with Crippen molar-refractivity contribution >= 4 is 11.6 Å². The maximum atomic E-state index is 12.1. The Labute approximate surface area is 72.6 Å². The Morgan fingerprint density at radius 1 is 1.54 bits per heavy atom. The van der Waals surface area contributed by atoms with Crippen molar-refractivity contribution in [2.45, 2.75) is 6.43 Å². The number of rotatable bonds is 2. The first-order valence-corrected chi connectivity index (χ1v) is 3.35. The SMILES string of the molecule is NC(=O)c1cc(N)c(C(F)F)cn1. The van der Waals surface area contributed by atoms with Crippen LogP contribution in [-0.2, 0) is 0 Å². The summed E-state index contributed by atoms with van der Waals surface area (Å²) < 4.78 is 24.2. The number of carbonyl (C=O) groups is 1. The summed E-state index contributed by atoms with van der Waals surface area (Å²) in [6.07, 6.45) is -1.85. The molecule has 6 heteroatoms. The van der Waals surface area contributed by atoms with Gasteiger partial charge in [-0.3, -0.25) is 9.78 Å². The molecule has 0 saturated heterocycles. The normalized spacial score (nSPS) is 10.4. The number of carbonyl (C=O) groups excluding carboxylic acids is 1. The Balaban J connectivity index is 3.13. The second-order valence-electron chi connectivity index (χ2n) is 2.36. The second kappa shape index (κ2) is 3.34. The average Bonchev–Trinajstić information content (AvgIpc) is 2.03. The molecule has 0 aromatic carbocycles. The third-order valence-corrected chi connectivity index (χ3v) is 1.46. The number of hydrogen-bond acceptors (Lipinski definition) is 3. The monoisotopic (exact) mass is 187 g/mol. The zero-order chi connectivity index (χ0) is 10.0. The van der Waals surface area contributed by atoms with Gasteiger partial charge in [-0.25, -0.2) is 8.78 Å². The number of nitrogens with two attached hydrogens (primary N) is 2. The van der Waals surface area contributed by atoms with Gasteiger partial charge in [0.05, 0.1) is 5.56 Å². The molecule has 13 heavy (non-hydrogen) atoms. The Hall–Kier alpha value is -1.72. The minimum absolute atomic E-state index is 0.123. The van der Waals surface area contributed by atoms with Crippen molar-refractivity contribution in [1.82, 2.24) is 4.98 Å². The van der Waals surface area contributed by atoms with Crippen molar-refractivity contribution in [2.24, 2.45) is 5.73 Å². The number of nitrogens with zero attached hydrogens (tertiary/aromatic N) is 1. The molecule has 4 nitrogen and oxygen atoms in total. The second-order valence-corrected chi connectivity index (χ2v) is 2.36. The summed E-state index contributed by atoms with van der Waals surface area (Å²) in [5, 5.41) is 0. The van der Waals surface area contributed by atoms with Gasteiger partial charge in [-0.15, -0.1) is 0 Å². The van der Waals surface area contributed by atoms with E-state index in [4.69, 9.17) is 11.5 Å². The molecule has 0 aliphatic heterocycles. The van der Waals surface area contributed by atoms with Crippen molar-refractivity contribution in [1.29, 1.82) is 0 Å². The minimum Gasteiger partial charge on any atom is -0.398 e. The summed E-state index contributed by atoms with van der Waals surface area (Å²) in [6, 6.07) is 1.03. The molecule has 1 aromatic rings. The first-order valence-electron chi connectivity index (χ1n) is 3.35. The van der Waals surface area contributed by atoms with Gasteiger partial charge in [-0.2, -0.15) is 0 Å². The van der Waals surface area contributed by atoms with E-state index in [1.807, 2.05) is 0 Å². The molecule has 0 fully saturated rings. The van der Waals surface area contributed by atoms with Gasteiger partial charge < -0.3 is 11.5 Å². The Morgan fingerprint density at radius 2 is 2.15 bits per heavy atom. The molecule has 0 atom stereocenters. The smallest absolute Gasteiger partial charge is 0.267 e. The molecule has 0 radical (unpaired) electrons. The van der Waals surface area contributed by atoms with Crippen LogP contribution in [0, 0.1) is 0 Å². The predicted octanol–water partition coefficient (Wildman–Crippen LogP) is 0.700. The lowest BCUT2D eigenvalue weighted by atomic mass is 10.2. The third-order valence-electron chi connectivity index (χ3n) is 1.46. The Kier molecular flexibility index (Phi) is 2.41. The number of amides is 1. The number of alkyl halides is 2. The highest BCUT2D eigenvalue weighted by Crippen LogP contribution is 2.23. The fraction of sp³-hybridized carbons (Fsp3) is 0.143. The van der Waals surface area contributed by atoms with Gasteiger partial charge in [0.2, 0.25) is 0 Å². The minimum atomic E-state index is -2.70. The molecule has 0 bridgehead atoms. The molecule has 1 heterocycles. The fourth-order valence-electron chi connectivity index (χ4n) is 0.799. The van der Waals surface area contributed by atoms with E-state index in [0.717, 1.165) is 12.3 Å². The highest BCUT2D eigenvalue weighted by Gasteiger charge is 2.13. The molecule has 1 aromatic heterocycles. The summed E-state index contributed by atoms with van der Waals surface area (Å²) in [4.78, 5) is 14.0. The molecule has 0 spiro atoms. The van der Waals surface area contributed by atoms with Crippen LogP contribution in [0.1, 0.15) is 22.5 Å². The van der Waals surface area contributed by atoms with Gasteiger partial charge in [0, 0.05) is 11.9 Å². The summed E-state index contributed by atoms with van der Waals surface area (Å²) in [5.74, 6) is -0.799. The topological polar surface area (TPSA) is 82.0 Å². The lowest BCUT2D eigenvalue weighted by Gasteiger charge is -2.03. The number of aromatic nitrogens is 1. The number of anilines is 1. The molecule has 1 amide bonds. The quantitative estimate of drug-likeness (QED) is 0.714. The van der Waals surface area contributed by atoms with Crippen LogP contribution in [0.5, 0.6) is 0 Å².